The second-order valence-corrected chi connectivity index (χ2v) is 6.16. The predicted molar refractivity (Wildman–Crippen MR) is 90.2 cm³/mol. The highest BCUT2D eigenvalue weighted by molar-refractivity contribution is 6.30. The average molecular weight is 347 g/mol. The molecule has 1 fully saturated rings. The van der Waals surface area contributed by atoms with Crippen LogP contribution < -0.4 is 10.2 Å². The van der Waals surface area contributed by atoms with Gasteiger partial charge in [-0.1, -0.05) is 23.7 Å². The minimum atomic E-state index is -0.408. The number of halogens is 2. The maximum Gasteiger partial charge on any atom is 0.227 e. The summed E-state index contributed by atoms with van der Waals surface area (Å²) in [5.74, 6) is -1.06. The SMILES string of the molecule is O=C(NCc1ccc(Cl)cc1)[C@@H]1CC(=O)N(c2ccc(F)cc2)C1. The van der Waals surface area contributed by atoms with Crippen LogP contribution in [0, 0.1) is 11.7 Å². The van der Waals surface area contributed by atoms with Gasteiger partial charge in [-0.15, -0.1) is 0 Å². The summed E-state index contributed by atoms with van der Waals surface area (Å²) in [7, 11) is 0. The first-order valence-corrected chi connectivity index (χ1v) is 7.99. The number of nitrogens with one attached hydrogen (secondary N) is 1. The minimum Gasteiger partial charge on any atom is -0.352 e. The van der Waals surface area contributed by atoms with Crippen molar-refractivity contribution in [3.8, 4) is 0 Å². The smallest absolute Gasteiger partial charge is 0.227 e. The molecule has 1 aliphatic rings. The summed E-state index contributed by atoms with van der Waals surface area (Å²) in [6.45, 7) is 0.689. The van der Waals surface area contributed by atoms with Crippen LogP contribution in [0.2, 0.25) is 5.02 Å². The third kappa shape index (κ3) is 3.74. The van der Waals surface area contributed by atoms with Gasteiger partial charge in [0.15, 0.2) is 0 Å². The normalized spacial score (nSPS) is 17.2. The average Bonchev–Trinajstić information content (AvgIpc) is 2.97. The number of nitrogens with zero attached hydrogens (tertiary/aromatic N) is 1. The highest BCUT2D eigenvalue weighted by Crippen LogP contribution is 2.25. The van der Waals surface area contributed by atoms with E-state index in [1.165, 1.54) is 17.0 Å². The van der Waals surface area contributed by atoms with Crippen LogP contribution in [-0.2, 0) is 16.1 Å². The predicted octanol–water partition coefficient (Wildman–Crippen LogP) is 3.15. The number of hydrogen-bond donors (Lipinski definition) is 1. The fraction of sp³-hybridized carbons (Fsp3) is 0.222. The molecule has 2 amide bonds. The molecule has 4 nitrogen and oxygen atoms in total. The Hall–Kier alpha value is -2.40. The summed E-state index contributed by atoms with van der Waals surface area (Å²) >= 11 is 5.82. The molecule has 2 aromatic carbocycles. The molecular formula is C18H16ClFN2O2. The monoisotopic (exact) mass is 346 g/mol. The number of hydrogen-bond acceptors (Lipinski definition) is 2. The summed E-state index contributed by atoms with van der Waals surface area (Å²) in [5, 5.41) is 3.48. The molecule has 6 heteroatoms. The highest BCUT2D eigenvalue weighted by Gasteiger charge is 2.34. The van der Waals surface area contributed by atoms with Gasteiger partial charge in [0, 0.05) is 30.2 Å². The largest absolute Gasteiger partial charge is 0.352 e. The fourth-order valence-electron chi connectivity index (χ4n) is 2.69. The summed E-state index contributed by atoms with van der Waals surface area (Å²) < 4.78 is 13.0. The van der Waals surface area contributed by atoms with Gasteiger partial charge >= 0.3 is 0 Å². The Bertz CT molecular complexity index is 747. The molecule has 0 spiro atoms. The van der Waals surface area contributed by atoms with Crippen LogP contribution >= 0.6 is 11.6 Å². The fourth-order valence-corrected chi connectivity index (χ4v) is 2.82. The zero-order valence-corrected chi connectivity index (χ0v) is 13.6. The Kier molecular flexibility index (Phi) is 4.81. The Morgan fingerprint density at radius 1 is 1.17 bits per heavy atom. The Labute approximate surface area is 144 Å². The first kappa shape index (κ1) is 16.5. The van der Waals surface area contributed by atoms with Crippen molar-refractivity contribution >= 4 is 29.1 Å². The van der Waals surface area contributed by atoms with Crippen LogP contribution in [0.1, 0.15) is 12.0 Å². The Morgan fingerprint density at radius 3 is 2.50 bits per heavy atom. The van der Waals surface area contributed by atoms with E-state index in [0.717, 1.165) is 5.56 Å². The molecule has 0 bridgehead atoms. The van der Waals surface area contributed by atoms with E-state index in [2.05, 4.69) is 5.32 Å². The standard InChI is InChI=1S/C18H16ClFN2O2/c19-14-3-1-12(2-4-14)10-21-18(24)13-9-17(23)22(11-13)16-7-5-15(20)6-8-16/h1-8,13H,9-11H2,(H,21,24)/t13-/m1/s1. The first-order chi connectivity index (χ1) is 11.5. The van der Waals surface area contributed by atoms with E-state index >= 15 is 0 Å². The number of rotatable bonds is 4. The van der Waals surface area contributed by atoms with E-state index in [9.17, 15) is 14.0 Å². The molecule has 1 saturated heterocycles. The molecular weight excluding hydrogens is 331 g/mol. The van der Waals surface area contributed by atoms with Gasteiger partial charge in [-0.3, -0.25) is 9.59 Å². The zero-order chi connectivity index (χ0) is 17.1. The topological polar surface area (TPSA) is 49.4 Å². The van der Waals surface area contributed by atoms with E-state index in [1.54, 1.807) is 24.3 Å². The van der Waals surface area contributed by atoms with Crippen LogP contribution in [0.5, 0.6) is 0 Å². The van der Waals surface area contributed by atoms with Crippen molar-refractivity contribution in [1.29, 1.82) is 0 Å². The highest BCUT2D eigenvalue weighted by atomic mass is 35.5. The molecule has 2 aromatic rings. The molecule has 1 N–H and O–H groups in total. The van der Waals surface area contributed by atoms with Crippen molar-refractivity contribution in [2.45, 2.75) is 13.0 Å². The minimum absolute atomic E-state index is 0.131. The summed E-state index contributed by atoms with van der Waals surface area (Å²) in [6, 6.07) is 12.9. The van der Waals surface area contributed by atoms with Gasteiger partial charge in [0.25, 0.3) is 0 Å². The molecule has 1 atom stereocenters. The summed E-state index contributed by atoms with van der Waals surface area (Å²) in [6.07, 6.45) is 0.157. The van der Waals surface area contributed by atoms with Crippen molar-refractivity contribution in [2.75, 3.05) is 11.4 Å². The molecule has 124 valence electrons. The molecule has 0 radical (unpaired) electrons. The lowest BCUT2D eigenvalue weighted by molar-refractivity contribution is -0.126. The quantitative estimate of drug-likeness (QED) is 0.924. The first-order valence-electron chi connectivity index (χ1n) is 7.61. The van der Waals surface area contributed by atoms with Crippen LogP contribution in [0.4, 0.5) is 10.1 Å². The van der Waals surface area contributed by atoms with Crippen molar-refractivity contribution in [1.82, 2.24) is 5.32 Å². The van der Waals surface area contributed by atoms with Gasteiger partial charge in [0.1, 0.15) is 5.82 Å². The van der Waals surface area contributed by atoms with Gasteiger partial charge in [-0.25, -0.2) is 4.39 Å². The molecule has 0 aliphatic carbocycles. The number of anilines is 1. The molecule has 0 saturated carbocycles. The lowest BCUT2D eigenvalue weighted by atomic mass is 10.1. The maximum atomic E-state index is 13.0. The van der Waals surface area contributed by atoms with Crippen LogP contribution in [0.15, 0.2) is 48.5 Å². The van der Waals surface area contributed by atoms with E-state index in [-0.39, 0.29) is 24.1 Å². The van der Waals surface area contributed by atoms with E-state index in [4.69, 9.17) is 11.6 Å². The Morgan fingerprint density at radius 2 is 1.83 bits per heavy atom. The van der Waals surface area contributed by atoms with Crippen molar-refractivity contribution < 1.29 is 14.0 Å². The van der Waals surface area contributed by atoms with Gasteiger partial charge < -0.3 is 10.2 Å². The van der Waals surface area contributed by atoms with Gasteiger partial charge in [0.05, 0.1) is 5.92 Å². The lowest BCUT2D eigenvalue weighted by Crippen LogP contribution is -2.32. The summed E-state index contributed by atoms with van der Waals surface area (Å²) in [4.78, 5) is 25.9. The number of amides is 2. The molecule has 0 aromatic heterocycles. The molecule has 1 aliphatic heterocycles. The van der Waals surface area contributed by atoms with E-state index in [1.807, 2.05) is 12.1 Å². The molecule has 1 heterocycles. The van der Waals surface area contributed by atoms with E-state index < -0.39 is 5.92 Å². The second kappa shape index (κ2) is 7.01. The Balaban J connectivity index is 1.59. The number of carbonyl (C=O) groups excluding carboxylic acids is 2. The lowest BCUT2D eigenvalue weighted by Gasteiger charge is -2.16. The summed E-state index contributed by atoms with van der Waals surface area (Å²) in [5.41, 5.74) is 1.54. The van der Waals surface area contributed by atoms with Crippen molar-refractivity contribution in [2.24, 2.45) is 5.92 Å². The van der Waals surface area contributed by atoms with Crippen molar-refractivity contribution in [3.05, 3.63) is 64.9 Å². The molecule has 24 heavy (non-hydrogen) atoms. The third-order valence-corrected chi connectivity index (χ3v) is 4.27. The van der Waals surface area contributed by atoms with Crippen LogP contribution in [0.3, 0.4) is 0 Å². The van der Waals surface area contributed by atoms with Gasteiger partial charge in [0.2, 0.25) is 11.8 Å². The van der Waals surface area contributed by atoms with Crippen molar-refractivity contribution in [3.63, 3.8) is 0 Å². The number of benzene rings is 2. The van der Waals surface area contributed by atoms with Gasteiger partial charge in [-0.05, 0) is 42.0 Å². The van der Waals surface area contributed by atoms with E-state index in [0.29, 0.717) is 23.8 Å². The van der Waals surface area contributed by atoms with Crippen LogP contribution in [0.25, 0.3) is 0 Å². The zero-order valence-electron chi connectivity index (χ0n) is 12.8. The molecule has 0 unspecified atom stereocenters. The molecule has 3 rings (SSSR count). The third-order valence-electron chi connectivity index (χ3n) is 4.01. The van der Waals surface area contributed by atoms with Crippen LogP contribution in [-0.4, -0.2) is 18.4 Å². The van der Waals surface area contributed by atoms with Gasteiger partial charge in [-0.2, -0.15) is 0 Å². The second-order valence-electron chi connectivity index (χ2n) is 5.73. The maximum absolute atomic E-state index is 13.0. The number of carbonyl (C=O) groups is 2.